The number of rotatable bonds is 5. The molecule has 0 atom stereocenters. The van der Waals surface area contributed by atoms with E-state index in [1.165, 1.54) is 18.2 Å². The SMILES string of the molecule is CCC1CC(c2c(-c3ccc(F)cc3)[nH]c3c(F)cc(F)cc23)C1.CCCC(C)=O. The Morgan fingerprint density at radius 1 is 1.03 bits per heavy atom. The Kier molecular flexibility index (Phi) is 7.01. The minimum absolute atomic E-state index is 0.282. The van der Waals surface area contributed by atoms with Crippen LogP contribution in [0.2, 0.25) is 0 Å². The van der Waals surface area contributed by atoms with E-state index in [1.54, 1.807) is 19.1 Å². The Bertz CT molecular complexity index is 1020. The molecule has 1 aromatic heterocycles. The van der Waals surface area contributed by atoms with Gasteiger partial charge in [0, 0.05) is 17.9 Å². The van der Waals surface area contributed by atoms with E-state index >= 15 is 0 Å². The zero-order valence-corrected chi connectivity index (χ0v) is 17.7. The summed E-state index contributed by atoms with van der Waals surface area (Å²) in [6.45, 7) is 5.78. The molecule has 0 radical (unpaired) electrons. The van der Waals surface area contributed by atoms with Crippen LogP contribution in [-0.2, 0) is 4.79 Å². The third-order valence-electron chi connectivity index (χ3n) is 5.82. The highest BCUT2D eigenvalue weighted by molar-refractivity contribution is 5.92. The molecule has 5 heteroatoms. The van der Waals surface area contributed by atoms with Crippen LogP contribution >= 0.6 is 0 Å². The molecule has 0 bridgehead atoms. The molecule has 30 heavy (non-hydrogen) atoms. The molecular formula is C25H28F3NO. The van der Waals surface area contributed by atoms with Gasteiger partial charge in [-0.3, -0.25) is 0 Å². The van der Waals surface area contributed by atoms with Gasteiger partial charge >= 0.3 is 0 Å². The van der Waals surface area contributed by atoms with Gasteiger partial charge in [-0.05, 0) is 79.5 Å². The molecule has 0 saturated heterocycles. The molecule has 4 rings (SSSR count). The fourth-order valence-corrected chi connectivity index (χ4v) is 4.17. The molecule has 0 amide bonds. The molecule has 1 saturated carbocycles. The summed E-state index contributed by atoms with van der Waals surface area (Å²) in [6.07, 6.45) is 4.88. The largest absolute Gasteiger partial charge is 0.352 e. The number of carbonyl (C=O) groups excluding carboxylic acids is 1. The lowest BCUT2D eigenvalue weighted by Gasteiger charge is -2.35. The minimum atomic E-state index is -0.592. The average Bonchev–Trinajstić information content (AvgIpc) is 3.01. The Morgan fingerprint density at radius 2 is 1.70 bits per heavy atom. The first-order valence-electron chi connectivity index (χ1n) is 10.6. The van der Waals surface area contributed by atoms with Crippen LogP contribution in [0.1, 0.15) is 64.4 Å². The molecule has 1 heterocycles. The van der Waals surface area contributed by atoms with Gasteiger partial charge in [0.1, 0.15) is 23.2 Å². The first-order valence-corrected chi connectivity index (χ1v) is 10.6. The zero-order chi connectivity index (χ0) is 21.8. The number of aromatic amines is 1. The number of hydrogen-bond acceptors (Lipinski definition) is 1. The maximum absolute atomic E-state index is 14.2. The van der Waals surface area contributed by atoms with E-state index in [-0.39, 0.29) is 17.5 Å². The smallest absolute Gasteiger partial charge is 0.150 e. The minimum Gasteiger partial charge on any atom is -0.352 e. The Hall–Kier alpha value is -2.56. The maximum Gasteiger partial charge on any atom is 0.150 e. The molecule has 1 aliphatic rings. The van der Waals surface area contributed by atoms with Gasteiger partial charge in [-0.25, -0.2) is 13.2 Å². The van der Waals surface area contributed by atoms with E-state index in [9.17, 15) is 18.0 Å². The van der Waals surface area contributed by atoms with Crippen molar-refractivity contribution >= 4 is 16.7 Å². The Labute approximate surface area is 175 Å². The fraction of sp³-hybridized carbons (Fsp3) is 0.400. The van der Waals surface area contributed by atoms with Gasteiger partial charge in [-0.15, -0.1) is 0 Å². The van der Waals surface area contributed by atoms with E-state index in [4.69, 9.17) is 0 Å². The maximum atomic E-state index is 14.2. The number of H-pyrrole nitrogens is 1. The van der Waals surface area contributed by atoms with Crippen LogP contribution in [0.25, 0.3) is 22.2 Å². The Balaban J connectivity index is 0.000000377. The van der Waals surface area contributed by atoms with Crippen molar-refractivity contribution in [3.05, 3.63) is 59.4 Å². The van der Waals surface area contributed by atoms with Crippen molar-refractivity contribution in [1.29, 1.82) is 0 Å². The van der Waals surface area contributed by atoms with Crippen LogP contribution in [0, 0.1) is 23.4 Å². The monoisotopic (exact) mass is 415 g/mol. The topological polar surface area (TPSA) is 32.9 Å². The van der Waals surface area contributed by atoms with Gasteiger partial charge in [0.25, 0.3) is 0 Å². The third kappa shape index (κ3) is 4.77. The van der Waals surface area contributed by atoms with Gasteiger partial charge in [0.15, 0.2) is 0 Å². The Morgan fingerprint density at radius 3 is 2.23 bits per heavy atom. The van der Waals surface area contributed by atoms with Crippen molar-refractivity contribution in [3.63, 3.8) is 0 Å². The number of nitrogens with one attached hydrogen (secondary N) is 1. The highest BCUT2D eigenvalue weighted by Crippen LogP contribution is 2.49. The number of ketones is 1. The molecule has 2 aromatic carbocycles. The molecule has 0 aliphatic heterocycles. The van der Waals surface area contributed by atoms with Crippen molar-refractivity contribution in [2.24, 2.45) is 5.92 Å². The lowest BCUT2D eigenvalue weighted by molar-refractivity contribution is -0.117. The summed E-state index contributed by atoms with van der Waals surface area (Å²) in [4.78, 5) is 13.2. The number of halogens is 3. The van der Waals surface area contributed by atoms with E-state index < -0.39 is 11.6 Å². The number of aromatic nitrogens is 1. The standard InChI is InChI=1S/C20H18F3N.C5H10O/c1-2-11-7-13(8-11)18-16-9-15(22)10-17(23)20(16)24-19(18)12-3-5-14(21)6-4-12;1-3-4-5(2)6/h3-6,9-11,13,24H,2,7-8H2,1H3;3-4H2,1-2H3. The van der Waals surface area contributed by atoms with E-state index in [2.05, 4.69) is 11.9 Å². The predicted molar refractivity (Wildman–Crippen MR) is 115 cm³/mol. The number of benzene rings is 2. The van der Waals surface area contributed by atoms with Crippen LogP contribution in [0.3, 0.4) is 0 Å². The van der Waals surface area contributed by atoms with Crippen LogP contribution in [0.5, 0.6) is 0 Å². The predicted octanol–water partition coefficient (Wildman–Crippen LogP) is 7.53. The van der Waals surface area contributed by atoms with Gasteiger partial charge in [0.2, 0.25) is 0 Å². The van der Waals surface area contributed by atoms with Crippen LogP contribution < -0.4 is 0 Å². The van der Waals surface area contributed by atoms with Crippen LogP contribution in [-0.4, -0.2) is 10.8 Å². The van der Waals surface area contributed by atoms with Crippen molar-refractivity contribution in [1.82, 2.24) is 4.98 Å². The molecule has 0 spiro atoms. The second kappa shape index (κ2) is 9.50. The van der Waals surface area contributed by atoms with Gasteiger partial charge in [-0.2, -0.15) is 0 Å². The number of fused-ring (bicyclic) bond motifs is 1. The molecule has 2 nitrogen and oxygen atoms in total. The average molecular weight is 415 g/mol. The molecule has 160 valence electrons. The van der Waals surface area contributed by atoms with Gasteiger partial charge in [0.05, 0.1) is 11.2 Å². The summed E-state index contributed by atoms with van der Waals surface area (Å²) in [5, 5.41) is 0.603. The quantitative estimate of drug-likeness (QED) is 0.459. The van der Waals surface area contributed by atoms with E-state index in [0.717, 1.165) is 55.0 Å². The summed E-state index contributed by atoms with van der Waals surface area (Å²) in [6, 6.07) is 8.42. The first-order chi connectivity index (χ1) is 14.3. The van der Waals surface area contributed by atoms with Crippen molar-refractivity contribution < 1.29 is 18.0 Å². The van der Waals surface area contributed by atoms with E-state index in [0.29, 0.717) is 16.8 Å². The summed E-state index contributed by atoms with van der Waals surface area (Å²) in [7, 11) is 0. The molecule has 0 unspecified atom stereocenters. The van der Waals surface area contributed by atoms with Crippen LogP contribution in [0.15, 0.2) is 36.4 Å². The van der Waals surface area contributed by atoms with Crippen molar-refractivity contribution in [2.45, 2.75) is 58.8 Å². The summed E-state index contributed by atoms with van der Waals surface area (Å²) in [5.74, 6) is -0.242. The lowest BCUT2D eigenvalue weighted by atomic mass is 9.69. The van der Waals surface area contributed by atoms with Crippen molar-refractivity contribution in [2.75, 3.05) is 0 Å². The summed E-state index contributed by atoms with van der Waals surface area (Å²) in [5.41, 5.74) is 2.85. The molecular weight excluding hydrogens is 387 g/mol. The second-order valence-corrected chi connectivity index (χ2v) is 8.13. The highest BCUT2D eigenvalue weighted by atomic mass is 19.1. The fourth-order valence-electron chi connectivity index (χ4n) is 4.17. The third-order valence-corrected chi connectivity index (χ3v) is 5.82. The molecule has 1 N–H and O–H groups in total. The van der Waals surface area contributed by atoms with E-state index in [1.807, 2.05) is 6.92 Å². The van der Waals surface area contributed by atoms with Gasteiger partial charge in [-0.1, -0.05) is 20.3 Å². The number of Topliss-reactive ketones (excluding diaryl/α,β-unsaturated/α-hetero) is 1. The summed E-state index contributed by atoms with van der Waals surface area (Å²) >= 11 is 0. The molecule has 3 aromatic rings. The zero-order valence-electron chi connectivity index (χ0n) is 17.7. The normalized spacial score (nSPS) is 17.9. The highest BCUT2D eigenvalue weighted by Gasteiger charge is 2.33. The van der Waals surface area contributed by atoms with Crippen molar-refractivity contribution in [3.8, 4) is 11.3 Å². The molecule has 1 aliphatic carbocycles. The number of carbonyl (C=O) groups is 1. The summed E-state index contributed by atoms with van der Waals surface area (Å²) < 4.78 is 41.2. The van der Waals surface area contributed by atoms with Gasteiger partial charge < -0.3 is 9.78 Å². The van der Waals surface area contributed by atoms with Crippen LogP contribution in [0.4, 0.5) is 13.2 Å². The lowest BCUT2D eigenvalue weighted by Crippen LogP contribution is -2.21. The number of hydrogen-bond donors (Lipinski definition) is 1. The molecule has 1 fully saturated rings. The second-order valence-electron chi connectivity index (χ2n) is 8.13. The first kappa shape index (κ1) is 22.1.